The van der Waals surface area contributed by atoms with E-state index in [9.17, 15) is 4.79 Å². The minimum atomic E-state index is -1.15. The van der Waals surface area contributed by atoms with E-state index in [1.54, 1.807) is 24.3 Å². The Kier molecular flexibility index (Phi) is 8.27. The predicted octanol–water partition coefficient (Wildman–Crippen LogP) is 6.48. The fourth-order valence-corrected chi connectivity index (χ4v) is 4.96. The van der Waals surface area contributed by atoms with Crippen molar-refractivity contribution in [3.05, 3.63) is 54.1 Å². The third-order valence-electron chi connectivity index (χ3n) is 6.46. The third kappa shape index (κ3) is 7.13. The van der Waals surface area contributed by atoms with Gasteiger partial charge in [-0.2, -0.15) is 5.10 Å². The molecule has 0 fully saturated rings. The quantitative estimate of drug-likeness (QED) is 0.190. The zero-order chi connectivity index (χ0) is 28.4. The van der Waals surface area contributed by atoms with Crippen LogP contribution < -0.4 is 0 Å². The smallest absolute Gasteiger partial charge is 0.410 e. The Bertz CT molecular complexity index is 1450. The Morgan fingerprint density at radius 2 is 1.95 bits per heavy atom. The summed E-state index contributed by atoms with van der Waals surface area (Å²) >= 11 is 0. The summed E-state index contributed by atoms with van der Waals surface area (Å²) in [6.07, 6.45) is 7.01. The zero-order valence-electron chi connectivity index (χ0n) is 24.3. The van der Waals surface area contributed by atoms with Crippen LogP contribution in [0.2, 0.25) is 25.7 Å². The van der Waals surface area contributed by atoms with Crippen molar-refractivity contribution in [1.82, 2.24) is 29.6 Å². The Labute approximate surface area is 231 Å². The highest BCUT2D eigenvalue weighted by Crippen LogP contribution is 2.32. The molecule has 9 nitrogen and oxygen atoms in total. The maximum atomic E-state index is 12.5. The average molecular weight is 549 g/mol. The van der Waals surface area contributed by atoms with Gasteiger partial charge in [-0.25, -0.2) is 9.78 Å². The van der Waals surface area contributed by atoms with Crippen molar-refractivity contribution in [2.75, 3.05) is 13.7 Å². The molecule has 0 saturated heterocycles. The van der Waals surface area contributed by atoms with Gasteiger partial charge in [0.25, 0.3) is 0 Å². The van der Waals surface area contributed by atoms with Crippen molar-refractivity contribution >= 4 is 25.1 Å². The number of aromatic nitrogens is 5. The largest absolute Gasteiger partial charge is 0.444 e. The highest BCUT2D eigenvalue weighted by Gasteiger charge is 2.21. The lowest BCUT2D eigenvalue weighted by molar-refractivity contribution is 0.0285. The molecule has 3 heterocycles. The van der Waals surface area contributed by atoms with Gasteiger partial charge in [-0.05, 0) is 62.6 Å². The number of rotatable bonds is 9. The first kappa shape index (κ1) is 28.5. The SMILES string of the molecule is Cc1c(CN(C)C(=O)OC(C)(C)C)cncc1-c1ccc2[nH]nc(-c3nccn3COCC[Si](C)(C)C)c2c1. The highest BCUT2D eigenvalue weighted by atomic mass is 28.3. The van der Waals surface area contributed by atoms with E-state index in [0.717, 1.165) is 57.3 Å². The van der Waals surface area contributed by atoms with E-state index in [-0.39, 0.29) is 6.09 Å². The fraction of sp³-hybridized carbons (Fsp3) is 0.448. The maximum absolute atomic E-state index is 12.5. The van der Waals surface area contributed by atoms with E-state index < -0.39 is 13.7 Å². The summed E-state index contributed by atoms with van der Waals surface area (Å²) in [7, 11) is 0.585. The summed E-state index contributed by atoms with van der Waals surface area (Å²) in [5, 5.41) is 8.71. The molecule has 0 aliphatic rings. The van der Waals surface area contributed by atoms with Crippen LogP contribution in [0, 0.1) is 6.92 Å². The van der Waals surface area contributed by atoms with E-state index >= 15 is 0 Å². The number of ether oxygens (including phenoxy) is 2. The molecule has 10 heteroatoms. The molecule has 0 spiro atoms. The molecule has 1 amide bonds. The molecule has 1 N–H and O–H groups in total. The van der Waals surface area contributed by atoms with Gasteiger partial charge in [0.1, 0.15) is 18.0 Å². The first-order valence-electron chi connectivity index (χ1n) is 13.3. The summed E-state index contributed by atoms with van der Waals surface area (Å²) in [4.78, 5) is 23.2. The van der Waals surface area contributed by atoms with E-state index in [1.807, 2.05) is 43.8 Å². The van der Waals surface area contributed by atoms with Crippen LogP contribution in [0.5, 0.6) is 0 Å². The van der Waals surface area contributed by atoms with Gasteiger partial charge in [-0.15, -0.1) is 0 Å². The van der Waals surface area contributed by atoms with Crippen LogP contribution in [0.25, 0.3) is 33.5 Å². The number of hydrogen-bond donors (Lipinski definition) is 1. The minimum Gasteiger partial charge on any atom is -0.444 e. The molecule has 3 aromatic heterocycles. The number of benzene rings is 1. The number of H-pyrrole nitrogens is 1. The number of aromatic amines is 1. The zero-order valence-corrected chi connectivity index (χ0v) is 25.3. The molecular weight excluding hydrogens is 508 g/mol. The van der Waals surface area contributed by atoms with E-state index in [1.165, 1.54) is 0 Å². The van der Waals surface area contributed by atoms with Gasteiger partial charge in [-0.1, -0.05) is 25.7 Å². The van der Waals surface area contributed by atoms with Crippen LogP contribution in [0.1, 0.15) is 31.9 Å². The molecule has 0 unspecified atom stereocenters. The van der Waals surface area contributed by atoms with Crippen molar-refractivity contribution in [2.24, 2.45) is 0 Å². The lowest BCUT2D eigenvalue weighted by Crippen LogP contribution is -2.34. The Balaban J connectivity index is 1.58. The first-order chi connectivity index (χ1) is 18.3. The van der Waals surface area contributed by atoms with Crippen LogP contribution in [-0.2, 0) is 22.7 Å². The van der Waals surface area contributed by atoms with Gasteiger partial charge in [0.15, 0.2) is 5.82 Å². The Hall–Kier alpha value is -3.50. The molecule has 0 radical (unpaired) electrons. The molecule has 0 atom stereocenters. The number of imidazole rings is 1. The topological polar surface area (TPSA) is 98.2 Å². The third-order valence-corrected chi connectivity index (χ3v) is 8.16. The van der Waals surface area contributed by atoms with Crippen molar-refractivity contribution in [3.8, 4) is 22.6 Å². The maximum Gasteiger partial charge on any atom is 0.410 e. The lowest BCUT2D eigenvalue weighted by Gasteiger charge is -2.25. The normalized spacial score (nSPS) is 12.2. The van der Waals surface area contributed by atoms with Gasteiger partial charge < -0.3 is 18.9 Å². The molecule has 4 rings (SSSR count). The van der Waals surface area contributed by atoms with Gasteiger partial charge in [0.05, 0.1) is 12.1 Å². The molecule has 0 saturated carbocycles. The van der Waals surface area contributed by atoms with Crippen LogP contribution in [0.4, 0.5) is 4.79 Å². The average Bonchev–Trinajstić information content (AvgIpc) is 3.47. The number of fused-ring (bicyclic) bond motifs is 1. The summed E-state index contributed by atoms with van der Waals surface area (Å²) in [5.41, 5.74) is 5.18. The number of nitrogens with zero attached hydrogens (tertiary/aromatic N) is 5. The molecular formula is C29H40N6O3Si. The molecule has 208 valence electrons. The monoisotopic (exact) mass is 548 g/mol. The van der Waals surface area contributed by atoms with Gasteiger partial charge in [0, 0.05) is 57.5 Å². The lowest BCUT2D eigenvalue weighted by atomic mass is 9.97. The fourth-order valence-electron chi connectivity index (χ4n) is 4.20. The summed E-state index contributed by atoms with van der Waals surface area (Å²) < 4.78 is 13.5. The van der Waals surface area contributed by atoms with Crippen LogP contribution in [-0.4, -0.2) is 63.1 Å². The van der Waals surface area contributed by atoms with Crippen LogP contribution >= 0.6 is 0 Å². The molecule has 4 aromatic rings. The highest BCUT2D eigenvalue weighted by molar-refractivity contribution is 6.76. The van der Waals surface area contributed by atoms with Crippen LogP contribution in [0.3, 0.4) is 0 Å². The Morgan fingerprint density at radius 3 is 2.67 bits per heavy atom. The summed E-state index contributed by atoms with van der Waals surface area (Å²) in [6.45, 7) is 16.3. The van der Waals surface area contributed by atoms with Crippen molar-refractivity contribution in [1.29, 1.82) is 0 Å². The number of amides is 1. The molecule has 0 aliphatic carbocycles. The van der Waals surface area contributed by atoms with Gasteiger partial charge >= 0.3 is 6.09 Å². The van der Waals surface area contributed by atoms with E-state index in [0.29, 0.717) is 13.3 Å². The predicted molar refractivity (Wildman–Crippen MR) is 157 cm³/mol. The number of hydrogen-bond acceptors (Lipinski definition) is 6. The molecule has 0 bridgehead atoms. The second kappa shape index (κ2) is 11.3. The number of nitrogens with one attached hydrogen (secondary N) is 1. The number of carbonyl (C=O) groups is 1. The summed E-state index contributed by atoms with van der Waals surface area (Å²) in [6, 6.07) is 7.32. The van der Waals surface area contributed by atoms with E-state index in [2.05, 4.69) is 58.9 Å². The van der Waals surface area contributed by atoms with Gasteiger partial charge in [0.2, 0.25) is 0 Å². The molecule has 1 aromatic carbocycles. The van der Waals surface area contributed by atoms with Crippen LogP contribution in [0.15, 0.2) is 43.0 Å². The standard InChI is InChI=1S/C29H40N6O3Si/c1-20-22(18-34(5)28(36)38-29(2,3)4)16-30-17-24(20)21-9-10-25-23(15-21)26(33-32-25)27-31-11-12-35(27)19-37-13-14-39(6,7)8/h9-12,15-17H,13-14,18-19H2,1-8H3,(H,32,33). The number of carbonyl (C=O) groups excluding carboxylic acids is 1. The second-order valence-electron chi connectivity index (χ2n) is 12.2. The molecule has 39 heavy (non-hydrogen) atoms. The Morgan fingerprint density at radius 1 is 1.18 bits per heavy atom. The van der Waals surface area contributed by atoms with E-state index in [4.69, 9.17) is 9.47 Å². The minimum absolute atomic E-state index is 0.364. The van der Waals surface area contributed by atoms with Crippen molar-refractivity contribution < 1.29 is 14.3 Å². The first-order valence-corrected chi connectivity index (χ1v) is 17.0. The molecule has 0 aliphatic heterocycles. The van der Waals surface area contributed by atoms with Crippen molar-refractivity contribution in [2.45, 2.75) is 72.3 Å². The van der Waals surface area contributed by atoms with Crippen molar-refractivity contribution in [3.63, 3.8) is 0 Å². The number of pyridine rings is 1. The summed E-state index contributed by atoms with van der Waals surface area (Å²) in [5.74, 6) is 0.758. The van der Waals surface area contributed by atoms with Gasteiger partial charge in [-0.3, -0.25) is 10.1 Å². The second-order valence-corrected chi connectivity index (χ2v) is 17.8.